The Bertz CT molecular complexity index is 762. The molecule has 0 radical (unpaired) electrons. The number of carbonyl (C=O) groups excluding carboxylic acids is 1. The summed E-state index contributed by atoms with van der Waals surface area (Å²) in [6.07, 6.45) is 4.17. The fraction of sp³-hybridized carbons (Fsp3) is 0.278. The molecule has 1 aromatic carbocycles. The van der Waals surface area contributed by atoms with Crippen molar-refractivity contribution in [3.8, 4) is 6.07 Å². The minimum atomic E-state index is -0.336. The van der Waals surface area contributed by atoms with Gasteiger partial charge in [0.1, 0.15) is 11.9 Å². The van der Waals surface area contributed by atoms with Crippen molar-refractivity contribution in [2.75, 3.05) is 23.3 Å². The van der Waals surface area contributed by atoms with Crippen LogP contribution < -0.4 is 15.5 Å². The normalized spacial score (nSPS) is 13.4. The van der Waals surface area contributed by atoms with Crippen LogP contribution in [0.4, 0.5) is 16.3 Å². The van der Waals surface area contributed by atoms with Crippen LogP contribution in [0.3, 0.4) is 0 Å². The van der Waals surface area contributed by atoms with E-state index in [-0.39, 0.29) is 6.03 Å². The summed E-state index contributed by atoms with van der Waals surface area (Å²) in [7, 11) is 0. The zero-order chi connectivity index (χ0) is 16.8. The molecular weight excluding hydrogens is 302 g/mol. The molecule has 1 aliphatic rings. The summed E-state index contributed by atoms with van der Waals surface area (Å²) in [6, 6.07) is 12.5. The summed E-state index contributed by atoms with van der Waals surface area (Å²) < 4.78 is 0. The number of aromatic nitrogens is 1. The van der Waals surface area contributed by atoms with E-state index in [4.69, 9.17) is 5.26 Å². The van der Waals surface area contributed by atoms with Crippen LogP contribution in [-0.2, 0) is 6.54 Å². The summed E-state index contributed by atoms with van der Waals surface area (Å²) >= 11 is 0. The van der Waals surface area contributed by atoms with Gasteiger partial charge in [-0.05, 0) is 42.7 Å². The van der Waals surface area contributed by atoms with Crippen molar-refractivity contribution < 1.29 is 4.79 Å². The second-order valence-corrected chi connectivity index (χ2v) is 5.68. The van der Waals surface area contributed by atoms with Gasteiger partial charge in [-0.1, -0.05) is 12.1 Å². The Morgan fingerprint density at radius 1 is 1.25 bits per heavy atom. The molecule has 2 heterocycles. The first kappa shape index (κ1) is 15.8. The molecule has 0 unspecified atom stereocenters. The molecule has 6 heteroatoms. The summed E-state index contributed by atoms with van der Waals surface area (Å²) in [5, 5.41) is 14.6. The fourth-order valence-corrected chi connectivity index (χ4v) is 2.73. The van der Waals surface area contributed by atoms with Crippen LogP contribution in [0.25, 0.3) is 0 Å². The minimum absolute atomic E-state index is 0.336. The summed E-state index contributed by atoms with van der Waals surface area (Å²) in [6.45, 7) is 2.48. The first-order valence-corrected chi connectivity index (χ1v) is 8.00. The Hall–Kier alpha value is -3.07. The number of amides is 2. The molecule has 0 atom stereocenters. The van der Waals surface area contributed by atoms with E-state index < -0.39 is 0 Å². The van der Waals surface area contributed by atoms with Crippen LogP contribution in [0.5, 0.6) is 0 Å². The topological polar surface area (TPSA) is 81.0 Å². The summed E-state index contributed by atoms with van der Waals surface area (Å²) in [5.74, 6) is 0.960. The highest BCUT2D eigenvalue weighted by Crippen LogP contribution is 2.18. The third-order valence-electron chi connectivity index (χ3n) is 3.99. The number of nitriles is 1. The number of anilines is 2. The number of nitrogens with zero attached hydrogens (tertiary/aromatic N) is 3. The maximum atomic E-state index is 12.0. The number of urea groups is 1. The quantitative estimate of drug-likeness (QED) is 0.907. The molecule has 0 spiro atoms. The number of nitrogens with one attached hydrogen (secondary N) is 2. The third-order valence-corrected chi connectivity index (χ3v) is 3.99. The molecule has 122 valence electrons. The van der Waals surface area contributed by atoms with Gasteiger partial charge in [0.15, 0.2) is 0 Å². The molecule has 2 N–H and O–H groups in total. The van der Waals surface area contributed by atoms with Crippen molar-refractivity contribution in [1.82, 2.24) is 10.3 Å². The Morgan fingerprint density at radius 2 is 2.04 bits per heavy atom. The Morgan fingerprint density at radius 3 is 2.83 bits per heavy atom. The highest BCUT2D eigenvalue weighted by atomic mass is 16.2. The molecule has 1 saturated heterocycles. The van der Waals surface area contributed by atoms with Crippen LogP contribution in [-0.4, -0.2) is 24.1 Å². The van der Waals surface area contributed by atoms with Gasteiger partial charge in [-0.15, -0.1) is 0 Å². The van der Waals surface area contributed by atoms with E-state index >= 15 is 0 Å². The van der Waals surface area contributed by atoms with E-state index in [0.29, 0.717) is 17.8 Å². The minimum Gasteiger partial charge on any atom is -0.357 e. The number of benzene rings is 1. The van der Waals surface area contributed by atoms with Crippen molar-refractivity contribution in [3.05, 3.63) is 53.7 Å². The molecule has 6 nitrogen and oxygen atoms in total. The fourth-order valence-electron chi connectivity index (χ4n) is 2.73. The molecule has 1 fully saturated rings. The van der Waals surface area contributed by atoms with E-state index in [1.807, 2.05) is 12.1 Å². The maximum Gasteiger partial charge on any atom is 0.319 e. The van der Waals surface area contributed by atoms with Crippen LogP contribution in [0.1, 0.15) is 24.0 Å². The summed E-state index contributed by atoms with van der Waals surface area (Å²) in [4.78, 5) is 18.7. The van der Waals surface area contributed by atoms with Gasteiger partial charge >= 0.3 is 6.03 Å². The lowest BCUT2D eigenvalue weighted by atomic mass is 10.2. The van der Waals surface area contributed by atoms with Crippen LogP contribution in [0, 0.1) is 11.3 Å². The lowest BCUT2D eigenvalue weighted by Crippen LogP contribution is -2.28. The van der Waals surface area contributed by atoms with Gasteiger partial charge in [0.05, 0.1) is 11.3 Å². The standard InChI is InChI=1S/C18H19N5O/c19-12-15-5-1-2-6-16(15)22-18(24)21-13-14-7-8-20-17(11-14)23-9-3-4-10-23/h1-2,5-8,11H,3-4,9-10,13H2,(H2,21,22,24). The van der Waals surface area contributed by atoms with Gasteiger partial charge < -0.3 is 15.5 Å². The molecular formula is C18H19N5O. The maximum absolute atomic E-state index is 12.0. The monoisotopic (exact) mass is 321 g/mol. The van der Waals surface area contributed by atoms with Crippen molar-refractivity contribution >= 4 is 17.5 Å². The molecule has 1 aromatic heterocycles. The Balaban J connectivity index is 1.58. The Labute approximate surface area is 141 Å². The average Bonchev–Trinajstić information content (AvgIpc) is 3.15. The highest BCUT2D eigenvalue weighted by Gasteiger charge is 2.13. The van der Waals surface area contributed by atoms with Crippen LogP contribution in [0.15, 0.2) is 42.6 Å². The van der Waals surface area contributed by atoms with Gasteiger partial charge in [-0.2, -0.15) is 5.26 Å². The molecule has 2 aromatic rings. The highest BCUT2D eigenvalue weighted by molar-refractivity contribution is 5.90. The van der Waals surface area contributed by atoms with Crippen molar-refractivity contribution in [2.24, 2.45) is 0 Å². The average molecular weight is 321 g/mol. The van der Waals surface area contributed by atoms with Gasteiger partial charge in [0.25, 0.3) is 0 Å². The van der Waals surface area contributed by atoms with Gasteiger partial charge in [0.2, 0.25) is 0 Å². The summed E-state index contributed by atoms with van der Waals surface area (Å²) in [5.41, 5.74) is 1.94. The zero-order valence-corrected chi connectivity index (χ0v) is 13.3. The van der Waals surface area contributed by atoms with Gasteiger partial charge in [-0.25, -0.2) is 9.78 Å². The largest absolute Gasteiger partial charge is 0.357 e. The molecule has 0 saturated carbocycles. The second kappa shape index (κ2) is 7.47. The number of para-hydroxylation sites is 1. The van der Waals surface area contributed by atoms with E-state index in [0.717, 1.165) is 24.5 Å². The van der Waals surface area contributed by atoms with E-state index in [9.17, 15) is 4.79 Å². The predicted molar refractivity (Wildman–Crippen MR) is 92.7 cm³/mol. The lowest BCUT2D eigenvalue weighted by molar-refractivity contribution is 0.251. The molecule has 0 aliphatic carbocycles. The van der Waals surface area contributed by atoms with Crippen molar-refractivity contribution in [2.45, 2.75) is 19.4 Å². The molecule has 3 rings (SSSR count). The molecule has 24 heavy (non-hydrogen) atoms. The lowest BCUT2D eigenvalue weighted by Gasteiger charge is -2.17. The van der Waals surface area contributed by atoms with Crippen LogP contribution in [0.2, 0.25) is 0 Å². The van der Waals surface area contributed by atoms with E-state index in [2.05, 4.69) is 26.6 Å². The first-order chi connectivity index (χ1) is 11.8. The second-order valence-electron chi connectivity index (χ2n) is 5.68. The number of rotatable bonds is 4. The number of pyridine rings is 1. The molecule has 0 bridgehead atoms. The first-order valence-electron chi connectivity index (χ1n) is 8.00. The Kier molecular flexibility index (Phi) is 4.92. The van der Waals surface area contributed by atoms with E-state index in [1.165, 1.54) is 12.8 Å². The zero-order valence-electron chi connectivity index (χ0n) is 13.3. The number of carbonyl (C=O) groups is 1. The van der Waals surface area contributed by atoms with Crippen LogP contribution >= 0.6 is 0 Å². The third kappa shape index (κ3) is 3.82. The van der Waals surface area contributed by atoms with Crippen molar-refractivity contribution in [1.29, 1.82) is 5.26 Å². The number of hydrogen-bond donors (Lipinski definition) is 2. The van der Waals surface area contributed by atoms with E-state index in [1.54, 1.807) is 30.5 Å². The SMILES string of the molecule is N#Cc1ccccc1NC(=O)NCc1ccnc(N2CCCC2)c1. The van der Waals surface area contributed by atoms with Crippen molar-refractivity contribution in [3.63, 3.8) is 0 Å². The predicted octanol–water partition coefficient (Wildman–Crippen LogP) is 2.88. The van der Waals surface area contributed by atoms with Gasteiger partial charge in [-0.3, -0.25) is 0 Å². The molecule has 1 aliphatic heterocycles. The van der Waals surface area contributed by atoms with Gasteiger partial charge in [0, 0.05) is 25.8 Å². The molecule has 2 amide bonds. The smallest absolute Gasteiger partial charge is 0.319 e. The number of hydrogen-bond acceptors (Lipinski definition) is 4.